The second-order valence-electron chi connectivity index (χ2n) is 4.75. The molecule has 1 heterocycles. The Hall–Kier alpha value is -2.37. The zero-order valence-electron chi connectivity index (χ0n) is 12.2. The molecule has 0 bridgehead atoms. The molecule has 2 rings (SSSR count). The van der Waals surface area contributed by atoms with Crippen molar-refractivity contribution in [1.82, 2.24) is 4.98 Å². The Balaban J connectivity index is 2.24. The lowest BCUT2D eigenvalue weighted by Gasteiger charge is -2.14. The molecule has 0 unspecified atom stereocenters. The van der Waals surface area contributed by atoms with Gasteiger partial charge in [0.25, 0.3) is 0 Å². The molecule has 0 saturated heterocycles. The van der Waals surface area contributed by atoms with Crippen LogP contribution in [0.25, 0.3) is 0 Å². The number of pyridine rings is 1. The van der Waals surface area contributed by atoms with E-state index in [4.69, 9.17) is 0 Å². The van der Waals surface area contributed by atoms with E-state index in [-0.39, 0.29) is 11.6 Å². The van der Waals surface area contributed by atoms with Crippen molar-refractivity contribution in [3.8, 4) is 0 Å². The van der Waals surface area contributed by atoms with Gasteiger partial charge in [-0.1, -0.05) is 0 Å². The predicted octanol–water partition coefficient (Wildman–Crippen LogP) is 3.60. The fourth-order valence-corrected chi connectivity index (χ4v) is 1.83. The molecule has 112 valence electrons. The average molecular weight is 292 g/mol. The number of rotatable bonds is 5. The smallest absolute Gasteiger partial charge is 0.169 e. The summed E-state index contributed by atoms with van der Waals surface area (Å²) in [6, 6.07) is 8.24. The molecule has 1 aromatic carbocycles. The van der Waals surface area contributed by atoms with E-state index in [1.165, 1.54) is 0 Å². The zero-order valence-corrected chi connectivity index (χ0v) is 12.2. The SMILES string of the molecule is CCNc1nc(Nc2ccc(N(C)C)cc2)c(F)cc1F. The molecule has 0 aliphatic heterocycles. The maximum atomic E-state index is 13.8. The summed E-state index contributed by atoms with van der Waals surface area (Å²) in [7, 11) is 3.87. The van der Waals surface area contributed by atoms with Gasteiger partial charge in [-0.2, -0.15) is 0 Å². The van der Waals surface area contributed by atoms with Crippen LogP contribution >= 0.6 is 0 Å². The van der Waals surface area contributed by atoms with Gasteiger partial charge in [0.15, 0.2) is 23.3 Å². The molecule has 0 radical (unpaired) electrons. The zero-order chi connectivity index (χ0) is 15.4. The lowest BCUT2D eigenvalue weighted by molar-refractivity contribution is 0.579. The number of hydrogen-bond acceptors (Lipinski definition) is 4. The van der Waals surface area contributed by atoms with E-state index in [9.17, 15) is 8.78 Å². The van der Waals surface area contributed by atoms with Crippen molar-refractivity contribution in [3.63, 3.8) is 0 Å². The molecule has 1 aromatic heterocycles. The number of anilines is 4. The summed E-state index contributed by atoms with van der Waals surface area (Å²) < 4.78 is 27.3. The topological polar surface area (TPSA) is 40.2 Å². The van der Waals surface area contributed by atoms with Crippen molar-refractivity contribution >= 4 is 23.0 Å². The number of hydrogen-bond donors (Lipinski definition) is 2. The molecule has 0 fully saturated rings. The van der Waals surface area contributed by atoms with Crippen molar-refractivity contribution < 1.29 is 8.78 Å². The maximum Gasteiger partial charge on any atom is 0.169 e. The summed E-state index contributed by atoms with van der Waals surface area (Å²) in [4.78, 5) is 5.89. The summed E-state index contributed by atoms with van der Waals surface area (Å²) in [5.41, 5.74) is 1.71. The van der Waals surface area contributed by atoms with E-state index >= 15 is 0 Å². The number of nitrogens with one attached hydrogen (secondary N) is 2. The van der Waals surface area contributed by atoms with Crippen LogP contribution in [0.1, 0.15) is 6.92 Å². The molecule has 0 saturated carbocycles. The molecule has 21 heavy (non-hydrogen) atoms. The third-order valence-electron chi connectivity index (χ3n) is 2.92. The highest BCUT2D eigenvalue weighted by atomic mass is 19.1. The summed E-state index contributed by atoms with van der Waals surface area (Å²) in [5, 5.41) is 5.61. The fraction of sp³-hybridized carbons (Fsp3) is 0.267. The molecule has 0 aliphatic carbocycles. The largest absolute Gasteiger partial charge is 0.378 e. The second-order valence-corrected chi connectivity index (χ2v) is 4.75. The van der Waals surface area contributed by atoms with E-state index in [1.54, 1.807) is 0 Å². The summed E-state index contributed by atoms with van der Waals surface area (Å²) in [6.07, 6.45) is 0. The van der Waals surface area contributed by atoms with Gasteiger partial charge in [0.2, 0.25) is 0 Å². The Bertz CT molecular complexity index is 612. The van der Waals surface area contributed by atoms with Gasteiger partial charge in [-0.3, -0.25) is 0 Å². The highest BCUT2D eigenvalue weighted by Crippen LogP contribution is 2.23. The van der Waals surface area contributed by atoms with Gasteiger partial charge in [0.1, 0.15) is 0 Å². The third-order valence-corrected chi connectivity index (χ3v) is 2.92. The van der Waals surface area contributed by atoms with Gasteiger partial charge in [-0.25, -0.2) is 13.8 Å². The minimum Gasteiger partial charge on any atom is -0.378 e. The molecular weight excluding hydrogens is 274 g/mol. The van der Waals surface area contributed by atoms with Crippen LogP contribution in [0.5, 0.6) is 0 Å². The van der Waals surface area contributed by atoms with Gasteiger partial charge in [0, 0.05) is 38.1 Å². The van der Waals surface area contributed by atoms with Gasteiger partial charge >= 0.3 is 0 Å². The molecule has 2 N–H and O–H groups in total. The summed E-state index contributed by atoms with van der Waals surface area (Å²) in [5.74, 6) is -1.41. The Labute approximate surface area is 122 Å². The Morgan fingerprint density at radius 1 is 1.05 bits per heavy atom. The van der Waals surface area contributed by atoms with Crippen LogP contribution in [0.15, 0.2) is 30.3 Å². The number of halogens is 2. The van der Waals surface area contributed by atoms with Crippen molar-refractivity contribution in [1.29, 1.82) is 0 Å². The molecule has 4 nitrogen and oxygen atoms in total. The van der Waals surface area contributed by atoms with Crippen LogP contribution in [0, 0.1) is 11.6 Å². The molecular formula is C15H18F2N4. The normalized spacial score (nSPS) is 10.3. The van der Waals surface area contributed by atoms with Crippen LogP contribution in [0.2, 0.25) is 0 Å². The van der Waals surface area contributed by atoms with Crippen molar-refractivity contribution in [2.24, 2.45) is 0 Å². The first-order valence-electron chi connectivity index (χ1n) is 6.65. The minimum atomic E-state index is -0.731. The van der Waals surface area contributed by atoms with E-state index in [2.05, 4.69) is 15.6 Å². The lowest BCUT2D eigenvalue weighted by atomic mass is 10.2. The van der Waals surface area contributed by atoms with E-state index in [0.29, 0.717) is 12.2 Å². The van der Waals surface area contributed by atoms with E-state index in [0.717, 1.165) is 11.8 Å². The first-order valence-corrected chi connectivity index (χ1v) is 6.65. The third kappa shape index (κ3) is 3.59. The highest BCUT2D eigenvalue weighted by molar-refractivity contribution is 5.62. The van der Waals surface area contributed by atoms with Gasteiger partial charge in [-0.15, -0.1) is 0 Å². The van der Waals surface area contributed by atoms with Crippen LogP contribution < -0.4 is 15.5 Å². The molecule has 0 spiro atoms. The van der Waals surface area contributed by atoms with Crippen molar-refractivity contribution in [3.05, 3.63) is 42.0 Å². The minimum absolute atomic E-state index is 0.00930. The predicted molar refractivity (Wildman–Crippen MR) is 82.4 cm³/mol. The van der Waals surface area contributed by atoms with Crippen LogP contribution in [0.3, 0.4) is 0 Å². The van der Waals surface area contributed by atoms with Crippen molar-refractivity contribution in [2.75, 3.05) is 36.2 Å². The van der Waals surface area contributed by atoms with Crippen molar-refractivity contribution in [2.45, 2.75) is 6.92 Å². The summed E-state index contributed by atoms with van der Waals surface area (Å²) in [6.45, 7) is 2.32. The molecule has 0 amide bonds. The quantitative estimate of drug-likeness (QED) is 0.883. The Kier molecular flexibility index (Phi) is 4.57. The van der Waals surface area contributed by atoms with Gasteiger partial charge in [-0.05, 0) is 31.2 Å². The Morgan fingerprint density at radius 3 is 2.24 bits per heavy atom. The molecule has 0 atom stereocenters. The van der Waals surface area contributed by atoms with E-state index in [1.807, 2.05) is 50.2 Å². The number of benzene rings is 1. The second kappa shape index (κ2) is 6.39. The fourth-order valence-electron chi connectivity index (χ4n) is 1.83. The number of aromatic nitrogens is 1. The standard InChI is InChI=1S/C15H18F2N4/c1-4-18-14-12(16)9-13(17)15(20-14)19-10-5-7-11(8-6-10)21(2)3/h5-9H,4H2,1-3H3,(H2,18,19,20). The van der Waals surface area contributed by atoms with Crippen LogP contribution in [-0.4, -0.2) is 25.6 Å². The van der Waals surface area contributed by atoms with Gasteiger partial charge < -0.3 is 15.5 Å². The number of nitrogens with zero attached hydrogens (tertiary/aromatic N) is 2. The molecule has 6 heteroatoms. The highest BCUT2D eigenvalue weighted by Gasteiger charge is 2.11. The molecule has 2 aromatic rings. The first-order chi connectivity index (χ1) is 10.0. The van der Waals surface area contributed by atoms with Gasteiger partial charge in [0.05, 0.1) is 0 Å². The van der Waals surface area contributed by atoms with Crippen LogP contribution in [0.4, 0.5) is 31.8 Å². The summed E-state index contributed by atoms with van der Waals surface area (Å²) >= 11 is 0. The van der Waals surface area contributed by atoms with E-state index < -0.39 is 11.6 Å². The lowest BCUT2D eigenvalue weighted by Crippen LogP contribution is -2.08. The maximum absolute atomic E-state index is 13.8. The Morgan fingerprint density at radius 2 is 1.67 bits per heavy atom. The first kappa shape index (κ1) is 15.0. The van der Waals surface area contributed by atoms with Crippen LogP contribution in [-0.2, 0) is 0 Å². The average Bonchev–Trinajstić information content (AvgIpc) is 2.45. The molecule has 0 aliphatic rings. The monoisotopic (exact) mass is 292 g/mol.